The van der Waals surface area contributed by atoms with Crippen molar-refractivity contribution >= 4 is 53.6 Å². The Kier molecular flexibility index (Phi) is 5.97. The number of aliphatic hydroxyl groups is 1. The molecule has 0 saturated heterocycles. The van der Waals surface area contributed by atoms with Gasteiger partial charge in [-0.15, -0.1) is 11.3 Å². The van der Waals surface area contributed by atoms with Crippen LogP contribution in [-0.4, -0.2) is 36.2 Å². The summed E-state index contributed by atoms with van der Waals surface area (Å²) in [5.41, 5.74) is 4.57. The number of hydrogen-bond acceptors (Lipinski definition) is 8. The number of benzene rings is 1. The van der Waals surface area contributed by atoms with Crippen molar-refractivity contribution in [2.45, 2.75) is 43.7 Å². The Morgan fingerprint density at radius 1 is 1.28 bits per heavy atom. The summed E-state index contributed by atoms with van der Waals surface area (Å²) in [6.07, 6.45) is 4.08. The minimum Gasteiger partial charge on any atom is -0.393 e. The molecule has 0 aliphatic heterocycles. The van der Waals surface area contributed by atoms with Crippen LogP contribution >= 0.6 is 27.3 Å². The number of thiophene rings is 1. The molecule has 1 saturated carbocycles. The average molecular weight is 539 g/mol. The molecule has 5 rings (SSSR count). The first kappa shape index (κ1) is 22.2. The van der Waals surface area contributed by atoms with E-state index < -0.39 is 16.4 Å². The first-order valence-electron chi connectivity index (χ1n) is 10.4. The number of aliphatic hydroxyl groups excluding tert-OH is 1. The van der Waals surface area contributed by atoms with Gasteiger partial charge in [0.2, 0.25) is 0 Å². The van der Waals surface area contributed by atoms with Crippen LogP contribution in [0.5, 0.6) is 0 Å². The molecule has 4 atom stereocenters. The van der Waals surface area contributed by atoms with Crippen molar-refractivity contribution in [2.24, 2.45) is 11.1 Å². The van der Waals surface area contributed by atoms with Crippen LogP contribution in [0.2, 0.25) is 0 Å². The van der Waals surface area contributed by atoms with Crippen molar-refractivity contribution in [3.8, 4) is 0 Å². The van der Waals surface area contributed by atoms with Gasteiger partial charge < -0.3 is 10.4 Å². The molecule has 4 N–H and O–H groups in total. The molecular formula is C21H23BrN4O4S2. The molecule has 8 nitrogen and oxygen atoms in total. The van der Waals surface area contributed by atoms with Gasteiger partial charge in [0.15, 0.2) is 0 Å². The number of hydrogen-bond donors (Lipinski definition) is 3. The molecule has 3 aromatic rings. The highest BCUT2D eigenvalue weighted by molar-refractivity contribution is 9.10. The molecule has 2 aromatic heterocycles. The highest BCUT2D eigenvalue weighted by Crippen LogP contribution is 2.44. The summed E-state index contributed by atoms with van der Waals surface area (Å²) in [5.74, 6) is 0.594. The second-order valence-corrected chi connectivity index (χ2v) is 11.4. The zero-order valence-electron chi connectivity index (χ0n) is 17.1. The minimum absolute atomic E-state index is 0.0683. The van der Waals surface area contributed by atoms with E-state index in [2.05, 4.69) is 54.8 Å². The molecule has 2 heterocycles. The van der Waals surface area contributed by atoms with Crippen LogP contribution in [0.1, 0.15) is 47.9 Å². The van der Waals surface area contributed by atoms with Crippen molar-refractivity contribution in [1.29, 1.82) is 0 Å². The molecule has 1 aromatic carbocycles. The van der Waals surface area contributed by atoms with Crippen LogP contribution in [-0.2, 0) is 20.9 Å². The first-order chi connectivity index (χ1) is 15.3. The zero-order valence-corrected chi connectivity index (χ0v) is 20.3. The number of nitrogens with one attached hydrogen (secondary N) is 1. The van der Waals surface area contributed by atoms with E-state index >= 15 is 0 Å². The maximum Gasteiger partial charge on any atom is 0.333 e. The summed E-state index contributed by atoms with van der Waals surface area (Å²) < 4.78 is 29.1. The van der Waals surface area contributed by atoms with Gasteiger partial charge in [0.1, 0.15) is 12.1 Å². The summed E-state index contributed by atoms with van der Waals surface area (Å²) in [7, 11) is -4.02. The molecule has 1 fully saturated rings. The van der Waals surface area contributed by atoms with Crippen LogP contribution in [0.4, 0.5) is 5.82 Å². The van der Waals surface area contributed by atoms with Crippen molar-refractivity contribution < 1.29 is 17.7 Å². The number of aromatic nitrogens is 2. The van der Waals surface area contributed by atoms with Gasteiger partial charge in [-0.3, -0.25) is 4.18 Å². The van der Waals surface area contributed by atoms with E-state index in [1.165, 1.54) is 11.1 Å². The Morgan fingerprint density at radius 3 is 2.94 bits per heavy atom. The zero-order chi connectivity index (χ0) is 22.5. The van der Waals surface area contributed by atoms with Gasteiger partial charge in [-0.1, -0.05) is 28.1 Å². The molecule has 0 spiro atoms. The summed E-state index contributed by atoms with van der Waals surface area (Å²) >= 11 is 5.24. The lowest BCUT2D eigenvalue weighted by atomic mass is 9.98. The van der Waals surface area contributed by atoms with Gasteiger partial charge in [0.25, 0.3) is 0 Å². The van der Waals surface area contributed by atoms with Gasteiger partial charge in [0.05, 0.1) is 29.0 Å². The van der Waals surface area contributed by atoms with Gasteiger partial charge in [-0.2, -0.15) is 8.42 Å². The summed E-state index contributed by atoms with van der Waals surface area (Å²) in [4.78, 5) is 9.06. The van der Waals surface area contributed by atoms with Crippen molar-refractivity contribution in [3.05, 3.63) is 51.1 Å². The number of nitrogens with two attached hydrogens (primary N) is 1. The summed E-state index contributed by atoms with van der Waals surface area (Å²) in [5, 5.41) is 21.0. The van der Waals surface area contributed by atoms with Crippen molar-refractivity contribution in [2.75, 3.05) is 11.9 Å². The predicted molar refractivity (Wildman–Crippen MR) is 127 cm³/mol. The van der Waals surface area contributed by atoms with Crippen LogP contribution in [0.15, 0.2) is 34.4 Å². The smallest absolute Gasteiger partial charge is 0.333 e. The molecule has 11 heteroatoms. The van der Waals surface area contributed by atoms with Crippen molar-refractivity contribution in [3.63, 3.8) is 0 Å². The fraction of sp³-hybridized carbons (Fsp3) is 0.429. The molecule has 32 heavy (non-hydrogen) atoms. The standard InChI is InChI=1S/C21H23BrN4O4S2/c22-16-3-1-2-14-13(16)4-5-17(14)26-21-20-19(24-10-25-21)15(9-31-20)11-6-12(18(27)7-11)8-30-32(23,28)29/h1-3,9-12,17-18,27H,4-8H2,(H2,23,28,29)(H,24,25,26)/t11-,12+,17-,18+/m1/s1. The molecule has 0 amide bonds. The van der Waals surface area contributed by atoms with Crippen LogP contribution in [0.3, 0.4) is 0 Å². The molecule has 0 radical (unpaired) electrons. The van der Waals surface area contributed by atoms with Crippen LogP contribution < -0.4 is 10.5 Å². The highest BCUT2D eigenvalue weighted by Gasteiger charge is 2.36. The number of anilines is 1. The number of halogens is 1. The molecular weight excluding hydrogens is 516 g/mol. The topological polar surface area (TPSA) is 127 Å². The fourth-order valence-electron chi connectivity index (χ4n) is 4.90. The Bertz CT molecular complexity index is 1270. The lowest BCUT2D eigenvalue weighted by Crippen LogP contribution is -2.24. The lowest BCUT2D eigenvalue weighted by molar-refractivity contribution is 0.101. The summed E-state index contributed by atoms with van der Waals surface area (Å²) in [6, 6.07) is 6.49. The SMILES string of the molecule is NS(=O)(=O)OC[C@@H]1C[C@@H](c2csc3c(N[C@@H]4CCc5c(Br)cccc54)ncnc23)C[C@@H]1O. The van der Waals surface area contributed by atoms with E-state index in [-0.39, 0.29) is 24.5 Å². The third-order valence-corrected chi connectivity index (χ3v) is 8.65. The average Bonchev–Trinajstić information content (AvgIpc) is 3.44. The van der Waals surface area contributed by atoms with E-state index in [4.69, 9.17) is 9.32 Å². The molecule has 2 aliphatic carbocycles. The first-order valence-corrected chi connectivity index (χ1v) is 13.6. The minimum atomic E-state index is -4.02. The molecule has 170 valence electrons. The summed E-state index contributed by atoms with van der Waals surface area (Å²) in [6.45, 7) is -0.114. The Balaban J connectivity index is 1.37. The van der Waals surface area contributed by atoms with Gasteiger partial charge in [-0.25, -0.2) is 15.1 Å². The van der Waals surface area contributed by atoms with E-state index in [0.717, 1.165) is 38.9 Å². The molecule has 2 aliphatic rings. The van der Waals surface area contributed by atoms with Gasteiger partial charge in [0, 0.05) is 10.4 Å². The van der Waals surface area contributed by atoms with E-state index in [1.54, 1.807) is 17.7 Å². The van der Waals surface area contributed by atoms with Crippen LogP contribution in [0.25, 0.3) is 10.2 Å². The van der Waals surface area contributed by atoms with Crippen molar-refractivity contribution in [1.82, 2.24) is 9.97 Å². The maximum absolute atomic E-state index is 11.1. The second kappa shape index (κ2) is 8.62. The highest BCUT2D eigenvalue weighted by atomic mass is 79.9. The largest absolute Gasteiger partial charge is 0.393 e. The van der Waals surface area contributed by atoms with E-state index in [1.807, 2.05) is 0 Å². The maximum atomic E-state index is 11.1. The van der Waals surface area contributed by atoms with E-state index in [0.29, 0.717) is 12.8 Å². The number of rotatable bonds is 6. The number of nitrogens with zero attached hydrogens (tertiary/aromatic N) is 2. The van der Waals surface area contributed by atoms with Crippen LogP contribution in [0, 0.1) is 5.92 Å². The monoisotopic (exact) mass is 538 g/mol. The lowest BCUT2D eigenvalue weighted by Gasteiger charge is -2.15. The molecule has 0 unspecified atom stereocenters. The van der Waals surface area contributed by atoms with Gasteiger partial charge >= 0.3 is 10.3 Å². The normalized spacial score (nSPS) is 25.3. The Labute approximate surface area is 198 Å². The Hall–Kier alpha value is -1.63. The number of fused-ring (bicyclic) bond motifs is 2. The van der Waals surface area contributed by atoms with E-state index in [9.17, 15) is 13.5 Å². The molecule has 0 bridgehead atoms. The quantitative estimate of drug-likeness (QED) is 0.437. The fourth-order valence-corrected chi connectivity index (χ4v) is 6.90. The second-order valence-electron chi connectivity index (χ2n) is 8.41. The van der Waals surface area contributed by atoms with Gasteiger partial charge in [-0.05, 0) is 59.7 Å². The Morgan fingerprint density at radius 2 is 2.12 bits per heavy atom. The predicted octanol–water partition coefficient (Wildman–Crippen LogP) is 3.63. The third-order valence-electron chi connectivity index (χ3n) is 6.45. The third kappa shape index (κ3) is 4.29.